The third-order valence-electron chi connectivity index (χ3n) is 4.10. The quantitative estimate of drug-likeness (QED) is 0.373. The minimum Gasteiger partial charge on any atom is -0.494 e. The zero-order chi connectivity index (χ0) is 21.3. The second-order valence-corrected chi connectivity index (χ2v) is 7.14. The number of carbonyl (C=O) groups is 3. The van der Waals surface area contributed by atoms with Crippen molar-refractivity contribution < 1.29 is 23.9 Å². The Balaban J connectivity index is 2.06. The second kappa shape index (κ2) is 7.34. The van der Waals surface area contributed by atoms with Crippen molar-refractivity contribution in [3.05, 3.63) is 24.3 Å². The number of H-pyrrole nitrogens is 1. The molecule has 0 atom stereocenters. The molecule has 0 unspecified atom stereocenters. The molecule has 3 aromatic heterocycles. The van der Waals surface area contributed by atoms with Crippen LogP contribution < -0.4 is 10.1 Å². The van der Waals surface area contributed by atoms with E-state index in [1.165, 1.54) is 30.5 Å². The number of hydrogen-bond acceptors (Lipinski definition) is 8. The number of amides is 1. The standard InChI is InChI=1S/C18H20N6O5/c1-18(2,3)16(27)22-17-21-8-24(23-17)14-12-11(10(28-4)7-20-14)9(6-19-12)13(25)15(26)29-5/h6-8,19H,1-5H3,(H,22,23,27). The van der Waals surface area contributed by atoms with Crippen molar-refractivity contribution in [1.82, 2.24) is 24.7 Å². The first kappa shape index (κ1) is 20.0. The fourth-order valence-electron chi connectivity index (χ4n) is 2.53. The topological polar surface area (TPSA) is 141 Å². The lowest BCUT2D eigenvalue weighted by Crippen LogP contribution is -2.28. The SMILES string of the molecule is COC(=O)C(=O)c1c[nH]c2c(-n3cnc(NC(=O)C(C)(C)C)n3)ncc(OC)c12. The number of ketones is 1. The summed E-state index contributed by atoms with van der Waals surface area (Å²) >= 11 is 0. The van der Waals surface area contributed by atoms with Gasteiger partial charge in [0.2, 0.25) is 11.9 Å². The number of nitrogens with zero attached hydrogens (tertiary/aromatic N) is 4. The molecule has 29 heavy (non-hydrogen) atoms. The van der Waals surface area contributed by atoms with Gasteiger partial charge in [-0.05, 0) is 0 Å². The molecule has 11 nitrogen and oxygen atoms in total. The molecule has 0 aliphatic rings. The van der Waals surface area contributed by atoms with Crippen molar-refractivity contribution in [2.75, 3.05) is 19.5 Å². The number of carbonyl (C=O) groups excluding carboxylic acids is 3. The predicted molar refractivity (Wildman–Crippen MR) is 102 cm³/mol. The number of aromatic nitrogens is 5. The molecule has 11 heteroatoms. The summed E-state index contributed by atoms with van der Waals surface area (Å²) in [6.07, 6.45) is 4.14. The summed E-state index contributed by atoms with van der Waals surface area (Å²) in [7, 11) is 2.55. The highest BCUT2D eigenvalue weighted by molar-refractivity contribution is 6.43. The molecule has 0 aliphatic heterocycles. The Morgan fingerprint density at radius 3 is 2.52 bits per heavy atom. The van der Waals surface area contributed by atoms with E-state index in [0.29, 0.717) is 22.5 Å². The van der Waals surface area contributed by atoms with E-state index >= 15 is 0 Å². The van der Waals surface area contributed by atoms with Gasteiger partial charge in [0, 0.05) is 11.6 Å². The van der Waals surface area contributed by atoms with Crippen LogP contribution in [0.15, 0.2) is 18.7 Å². The number of hydrogen-bond donors (Lipinski definition) is 2. The fourth-order valence-corrected chi connectivity index (χ4v) is 2.53. The van der Waals surface area contributed by atoms with E-state index in [1.807, 2.05) is 0 Å². The summed E-state index contributed by atoms with van der Waals surface area (Å²) in [6, 6.07) is 0. The largest absolute Gasteiger partial charge is 0.494 e. The lowest BCUT2D eigenvalue weighted by Gasteiger charge is -2.15. The number of anilines is 1. The Labute approximate surface area is 165 Å². The van der Waals surface area contributed by atoms with E-state index in [-0.39, 0.29) is 17.4 Å². The summed E-state index contributed by atoms with van der Waals surface area (Å²) in [4.78, 5) is 47.4. The molecule has 0 saturated heterocycles. The number of fused-ring (bicyclic) bond motifs is 1. The molecular formula is C18H20N6O5. The van der Waals surface area contributed by atoms with Crippen LogP contribution >= 0.6 is 0 Å². The van der Waals surface area contributed by atoms with Gasteiger partial charge in [0.15, 0.2) is 5.82 Å². The smallest absolute Gasteiger partial charge is 0.379 e. The van der Waals surface area contributed by atoms with Crippen LogP contribution in [0, 0.1) is 5.41 Å². The Morgan fingerprint density at radius 1 is 1.17 bits per heavy atom. The molecule has 0 spiro atoms. The zero-order valence-corrected chi connectivity index (χ0v) is 16.6. The zero-order valence-electron chi connectivity index (χ0n) is 16.6. The summed E-state index contributed by atoms with van der Waals surface area (Å²) in [5.74, 6) is -1.38. The van der Waals surface area contributed by atoms with Crippen molar-refractivity contribution in [2.45, 2.75) is 20.8 Å². The number of rotatable bonds is 5. The third kappa shape index (κ3) is 3.66. The minimum atomic E-state index is -1.00. The minimum absolute atomic E-state index is 0.0775. The second-order valence-electron chi connectivity index (χ2n) is 7.14. The number of esters is 1. The fraction of sp³-hybridized carbons (Fsp3) is 0.333. The summed E-state index contributed by atoms with van der Waals surface area (Å²) in [6.45, 7) is 5.31. The Kier molecular flexibility index (Phi) is 5.06. The highest BCUT2D eigenvalue weighted by Crippen LogP contribution is 2.31. The van der Waals surface area contributed by atoms with E-state index in [1.54, 1.807) is 20.8 Å². The number of nitrogens with one attached hydrogen (secondary N) is 2. The van der Waals surface area contributed by atoms with Gasteiger partial charge in [0.05, 0.1) is 36.9 Å². The van der Waals surface area contributed by atoms with E-state index in [0.717, 1.165) is 7.11 Å². The molecule has 3 heterocycles. The van der Waals surface area contributed by atoms with Crippen molar-refractivity contribution in [3.8, 4) is 11.6 Å². The maximum atomic E-state index is 12.3. The summed E-state index contributed by atoms with van der Waals surface area (Å²) in [5, 5.41) is 7.20. The molecule has 0 aliphatic carbocycles. The molecule has 0 saturated carbocycles. The Hall–Kier alpha value is -3.76. The van der Waals surface area contributed by atoms with Crippen LogP contribution in [-0.2, 0) is 14.3 Å². The van der Waals surface area contributed by atoms with Gasteiger partial charge in [-0.15, -0.1) is 5.10 Å². The van der Waals surface area contributed by atoms with Crippen LogP contribution in [0.3, 0.4) is 0 Å². The highest BCUT2D eigenvalue weighted by atomic mass is 16.5. The van der Waals surface area contributed by atoms with Gasteiger partial charge in [-0.3, -0.25) is 14.9 Å². The van der Waals surface area contributed by atoms with Gasteiger partial charge in [0.1, 0.15) is 12.1 Å². The number of pyridine rings is 1. The van der Waals surface area contributed by atoms with Crippen LogP contribution in [0.4, 0.5) is 5.95 Å². The number of ether oxygens (including phenoxy) is 2. The Bertz CT molecular complexity index is 1110. The average molecular weight is 400 g/mol. The van der Waals surface area contributed by atoms with Gasteiger partial charge in [-0.2, -0.15) is 9.67 Å². The van der Waals surface area contributed by atoms with Crippen LogP contribution in [0.25, 0.3) is 16.7 Å². The molecule has 2 N–H and O–H groups in total. The van der Waals surface area contributed by atoms with Crippen LogP contribution in [0.1, 0.15) is 31.1 Å². The molecule has 152 valence electrons. The molecule has 0 radical (unpaired) electrons. The van der Waals surface area contributed by atoms with Crippen molar-refractivity contribution >= 4 is 34.5 Å². The van der Waals surface area contributed by atoms with Gasteiger partial charge in [-0.25, -0.2) is 9.78 Å². The normalized spacial score (nSPS) is 11.3. The molecular weight excluding hydrogens is 380 g/mol. The first-order valence-corrected chi connectivity index (χ1v) is 8.57. The molecule has 0 aromatic carbocycles. The third-order valence-corrected chi connectivity index (χ3v) is 4.10. The lowest BCUT2D eigenvalue weighted by atomic mass is 9.96. The monoisotopic (exact) mass is 400 g/mol. The van der Waals surface area contributed by atoms with E-state index < -0.39 is 17.2 Å². The molecule has 0 bridgehead atoms. The van der Waals surface area contributed by atoms with E-state index in [2.05, 4.69) is 30.1 Å². The van der Waals surface area contributed by atoms with Crippen LogP contribution in [-0.4, -0.2) is 56.6 Å². The van der Waals surface area contributed by atoms with Gasteiger partial charge < -0.3 is 14.5 Å². The number of Topliss-reactive ketones (excluding diaryl/α,β-unsaturated/α-hetero) is 1. The first-order chi connectivity index (χ1) is 13.7. The van der Waals surface area contributed by atoms with E-state index in [9.17, 15) is 14.4 Å². The van der Waals surface area contributed by atoms with Gasteiger partial charge >= 0.3 is 5.97 Å². The molecule has 3 rings (SSSR count). The number of aromatic amines is 1. The summed E-state index contributed by atoms with van der Waals surface area (Å²) < 4.78 is 11.1. The van der Waals surface area contributed by atoms with Gasteiger partial charge in [0.25, 0.3) is 5.78 Å². The summed E-state index contributed by atoms with van der Waals surface area (Å²) in [5.41, 5.74) is -0.136. The predicted octanol–water partition coefficient (Wildman–Crippen LogP) is 1.49. The first-order valence-electron chi connectivity index (χ1n) is 8.57. The van der Waals surface area contributed by atoms with E-state index in [4.69, 9.17) is 4.74 Å². The van der Waals surface area contributed by atoms with Gasteiger partial charge in [-0.1, -0.05) is 20.8 Å². The van der Waals surface area contributed by atoms with Crippen molar-refractivity contribution in [2.24, 2.45) is 5.41 Å². The maximum Gasteiger partial charge on any atom is 0.379 e. The Morgan fingerprint density at radius 2 is 1.90 bits per heavy atom. The average Bonchev–Trinajstić information content (AvgIpc) is 3.32. The van der Waals surface area contributed by atoms with Crippen molar-refractivity contribution in [1.29, 1.82) is 0 Å². The molecule has 0 fully saturated rings. The maximum absolute atomic E-state index is 12.3. The number of methoxy groups -OCH3 is 2. The van der Waals surface area contributed by atoms with Crippen molar-refractivity contribution in [3.63, 3.8) is 0 Å². The van der Waals surface area contributed by atoms with Crippen LogP contribution in [0.2, 0.25) is 0 Å². The highest BCUT2D eigenvalue weighted by Gasteiger charge is 2.26. The van der Waals surface area contributed by atoms with Crippen LogP contribution in [0.5, 0.6) is 5.75 Å². The lowest BCUT2D eigenvalue weighted by molar-refractivity contribution is -0.135. The molecule has 3 aromatic rings. The molecule has 1 amide bonds.